The van der Waals surface area contributed by atoms with Gasteiger partial charge in [0.1, 0.15) is 11.6 Å². The molecule has 1 saturated heterocycles. The number of nitrogens with one attached hydrogen (secondary N) is 2. The van der Waals surface area contributed by atoms with Crippen molar-refractivity contribution in [1.82, 2.24) is 15.5 Å². The summed E-state index contributed by atoms with van der Waals surface area (Å²) in [6, 6.07) is 8.37. The predicted octanol–water partition coefficient (Wildman–Crippen LogP) is 1.93. The lowest BCUT2D eigenvalue weighted by Gasteiger charge is -2.28. The average Bonchev–Trinajstić information content (AvgIpc) is 3.07. The molecule has 0 aliphatic carbocycles. The normalized spacial score (nSPS) is 16.9. The quantitative estimate of drug-likeness (QED) is 0.785. The van der Waals surface area contributed by atoms with E-state index in [1.54, 1.807) is 45.0 Å². The highest BCUT2D eigenvalue weighted by Gasteiger charge is 2.36. The summed E-state index contributed by atoms with van der Waals surface area (Å²) in [6.45, 7) is 6.52. The fourth-order valence-corrected chi connectivity index (χ4v) is 2.75. The zero-order chi connectivity index (χ0) is 19.2. The highest BCUT2D eigenvalue weighted by atomic mass is 16.6. The number of hydrogen-bond acceptors (Lipinski definition) is 4. The third kappa shape index (κ3) is 5.75. The molecule has 1 aliphatic rings. The molecule has 3 amide bonds. The van der Waals surface area contributed by atoms with Crippen LogP contribution in [0.3, 0.4) is 0 Å². The van der Waals surface area contributed by atoms with E-state index in [0.29, 0.717) is 31.6 Å². The van der Waals surface area contributed by atoms with E-state index in [1.807, 2.05) is 6.07 Å². The molecule has 1 aromatic rings. The Bertz CT molecular complexity index is 640. The SMILES string of the molecule is CC(C)(C)OC(=O)N1CCC[C@H]1C(=O)NCCNC(=O)c1ccccc1. The number of nitrogens with zero attached hydrogens (tertiary/aromatic N) is 1. The number of hydrogen-bond donors (Lipinski definition) is 2. The van der Waals surface area contributed by atoms with Crippen LogP contribution in [0.25, 0.3) is 0 Å². The Morgan fingerprint density at radius 1 is 1.12 bits per heavy atom. The van der Waals surface area contributed by atoms with Crippen LogP contribution in [0.5, 0.6) is 0 Å². The van der Waals surface area contributed by atoms with Gasteiger partial charge in [-0.2, -0.15) is 0 Å². The third-order valence-electron chi connectivity index (χ3n) is 3.93. The van der Waals surface area contributed by atoms with Crippen molar-refractivity contribution < 1.29 is 19.1 Å². The summed E-state index contributed by atoms with van der Waals surface area (Å²) in [5.41, 5.74) is -0.0201. The molecule has 7 heteroatoms. The topological polar surface area (TPSA) is 87.7 Å². The van der Waals surface area contributed by atoms with E-state index in [-0.39, 0.29) is 11.8 Å². The number of rotatable bonds is 5. The van der Waals surface area contributed by atoms with Gasteiger partial charge in [-0.3, -0.25) is 14.5 Å². The van der Waals surface area contributed by atoms with Crippen molar-refractivity contribution in [3.05, 3.63) is 35.9 Å². The maximum Gasteiger partial charge on any atom is 0.410 e. The van der Waals surface area contributed by atoms with Crippen molar-refractivity contribution in [3.63, 3.8) is 0 Å². The van der Waals surface area contributed by atoms with Crippen molar-refractivity contribution in [3.8, 4) is 0 Å². The lowest BCUT2D eigenvalue weighted by Crippen LogP contribution is -2.48. The first-order valence-electron chi connectivity index (χ1n) is 8.88. The Morgan fingerprint density at radius 2 is 1.77 bits per heavy atom. The van der Waals surface area contributed by atoms with E-state index >= 15 is 0 Å². The zero-order valence-corrected chi connectivity index (χ0v) is 15.6. The lowest BCUT2D eigenvalue weighted by atomic mass is 10.2. The van der Waals surface area contributed by atoms with Gasteiger partial charge >= 0.3 is 6.09 Å². The summed E-state index contributed by atoms with van der Waals surface area (Å²) in [7, 11) is 0. The van der Waals surface area contributed by atoms with Crippen LogP contribution in [0.4, 0.5) is 4.79 Å². The lowest BCUT2D eigenvalue weighted by molar-refractivity contribution is -0.125. The molecule has 1 atom stereocenters. The number of carbonyl (C=O) groups is 3. The minimum atomic E-state index is -0.595. The van der Waals surface area contributed by atoms with Crippen LogP contribution in [0.15, 0.2) is 30.3 Å². The summed E-state index contributed by atoms with van der Waals surface area (Å²) in [4.78, 5) is 38.0. The Labute approximate surface area is 154 Å². The summed E-state index contributed by atoms with van der Waals surface area (Å²) < 4.78 is 5.36. The van der Waals surface area contributed by atoms with E-state index in [4.69, 9.17) is 4.74 Å². The molecule has 0 saturated carbocycles. The van der Waals surface area contributed by atoms with Gasteiger partial charge in [0.15, 0.2) is 0 Å². The van der Waals surface area contributed by atoms with Crippen molar-refractivity contribution >= 4 is 17.9 Å². The Balaban J connectivity index is 1.76. The standard InChI is InChI=1S/C19H27N3O4/c1-19(2,3)26-18(25)22-13-7-10-15(22)17(24)21-12-11-20-16(23)14-8-5-4-6-9-14/h4-6,8-9,15H,7,10-13H2,1-3H3,(H,20,23)(H,21,24)/t15-/m0/s1. The molecule has 1 aliphatic heterocycles. The van der Waals surface area contributed by atoms with Gasteiger partial charge in [-0.25, -0.2) is 4.79 Å². The fraction of sp³-hybridized carbons (Fsp3) is 0.526. The van der Waals surface area contributed by atoms with E-state index in [1.165, 1.54) is 4.90 Å². The average molecular weight is 361 g/mol. The van der Waals surface area contributed by atoms with Gasteiger partial charge in [0, 0.05) is 25.2 Å². The third-order valence-corrected chi connectivity index (χ3v) is 3.93. The van der Waals surface area contributed by atoms with Crippen LogP contribution in [-0.2, 0) is 9.53 Å². The highest BCUT2D eigenvalue weighted by Crippen LogP contribution is 2.20. The first kappa shape index (κ1) is 19.8. The van der Waals surface area contributed by atoms with Gasteiger partial charge in [-0.1, -0.05) is 18.2 Å². The molecule has 2 rings (SSSR count). The molecule has 0 radical (unpaired) electrons. The molecule has 26 heavy (non-hydrogen) atoms. The molecular formula is C19H27N3O4. The minimum absolute atomic E-state index is 0.184. The van der Waals surface area contributed by atoms with Crippen molar-refractivity contribution in [1.29, 1.82) is 0 Å². The number of carbonyl (C=O) groups excluding carboxylic acids is 3. The fourth-order valence-electron chi connectivity index (χ4n) is 2.75. The number of ether oxygens (including phenoxy) is 1. The maximum absolute atomic E-state index is 12.4. The van der Waals surface area contributed by atoms with Crippen molar-refractivity contribution in [2.45, 2.75) is 45.3 Å². The molecule has 0 spiro atoms. The summed E-state index contributed by atoms with van der Waals surface area (Å²) in [5.74, 6) is -0.404. The second-order valence-corrected chi connectivity index (χ2v) is 7.24. The molecule has 0 aromatic heterocycles. The van der Waals surface area contributed by atoms with E-state index in [0.717, 1.165) is 6.42 Å². The molecule has 0 bridgehead atoms. The highest BCUT2D eigenvalue weighted by molar-refractivity contribution is 5.94. The Kier molecular flexibility index (Phi) is 6.60. The molecule has 142 valence electrons. The first-order chi connectivity index (χ1) is 12.3. The van der Waals surface area contributed by atoms with Gasteiger partial charge in [-0.05, 0) is 45.7 Å². The van der Waals surface area contributed by atoms with Gasteiger partial charge in [0.05, 0.1) is 0 Å². The monoisotopic (exact) mass is 361 g/mol. The van der Waals surface area contributed by atoms with Crippen LogP contribution in [0.1, 0.15) is 44.0 Å². The number of likely N-dealkylation sites (tertiary alicyclic amines) is 1. The smallest absolute Gasteiger partial charge is 0.410 e. The molecular weight excluding hydrogens is 334 g/mol. The van der Waals surface area contributed by atoms with Gasteiger partial charge in [0.25, 0.3) is 5.91 Å². The van der Waals surface area contributed by atoms with E-state index < -0.39 is 17.7 Å². The van der Waals surface area contributed by atoms with Gasteiger partial charge < -0.3 is 15.4 Å². The molecule has 1 aromatic carbocycles. The van der Waals surface area contributed by atoms with Crippen LogP contribution in [0.2, 0.25) is 0 Å². The largest absolute Gasteiger partial charge is 0.444 e. The molecule has 7 nitrogen and oxygen atoms in total. The second kappa shape index (κ2) is 8.69. The van der Waals surface area contributed by atoms with Gasteiger partial charge in [0.2, 0.25) is 5.91 Å². The summed E-state index contributed by atoms with van der Waals surface area (Å²) >= 11 is 0. The minimum Gasteiger partial charge on any atom is -0.444 e. The predicted molar refractivity (Wildman–Crippen MR) is 97.7 cm³/mol. The van der Waals surface area contributed by atoms with Crippen LogP contribution >= 0.6 is 0 Å². The van der Waals surface area contributed by atoms with Gasteiger partial charge in [-0.15, -0.1) is 0 Å². The number of benzene rings is 1. The van der Waals surface area contributed by atoms with Crippen molar-refractivity contribution in [2.75, 3.05) is 19.6 Å². The zero-order valence-electron chi connectivity index (χ0n) is 15.6. The van der Waals surface area contributed by atoms with E-state index in [2.05, 4.69) is 10.6 Å². The van der Waals surface area contributed by atoms with Crippen LogP contribution < -0.4 is 10.6 Å². The summed E-state index contributed by atoms with van der Waals surface area (Å²) in [5, 5.41) is 5.53. The molecule has 0 unspecified atom stereocenters. The molecule has 1 fully saturated rings. The summed E-state index contributed by atoms with van der Waals surface area (Å²) in [6.07, 6.45) is 0.913. The second-order valence-electron chi connectivity index (χ2n) is 7.24. The van der Waals surface area contributed by atoms with E-state index in [9.17, 15) is 14.4 Å². The Hall–Kier alpha value is -2.57. The van der Waals surface area contributed by atoms with Crippen molar-refractivity contribution in [2.24, 2.45) is 0 Å². The first-order valence-corrected chi connectivity index (χ1v) is 8.88. The number of amides is 3. The molecule has 1 heterocycles. The van der Waals surface area contributed by atoms with Crippen LogP contribution in [-0.4, -0.2) is 54.1 Å². The maximum atomic E-state index is 12.4. The Morgan fingerprint density at radius 3 is 2.42 bits per heavy atom. The molecule has 2 N–H and O–H groups in total. The van der Waals surface area contributed by atoms with Crippen LogP contribution in [0, 0.1) is 0 Å².